The number of guanidine groups is 1. The van der Waals surface area contributed by atoms with Gasteiger partial charge in [-0.05, 0) is 182 Å². The number of esters is 1. The fraction of sp³-hybridized carbons (Fsp3) is 0.605. The van der Waals surface area contributed by atoms with E-state index in [1.165, 1.54) is 47.3 Å². The molecule has 6 aliphatic rings. The van der Waals surface area contributed by atoms with Crippen LogP contribution in [0.15, 0.2) is 83.9 Å². The van der Waals surface area contributed by atoms with Crippen LogP contribution in [0.1, 0.15) is 201 Å². The van der Waals surface area contributed by atoms with Gasteiger partial charge < -0.3 is 94.3 Å². The van der Waals surface area contributed by atoms with E-state index in [-0.39, 0.29) is 123 Å². The molecule has 4 aromatic rings. The van der Waals surface area contributed by atoms with Crippen LogP contribution in [-0.2, 0) is 91.1 Å². The molecule has 0 radical (unpaired) electrons. The molecule has 15 atom stereocenters. The van der Waals surface area contributed by atoms with E-state index in [1.54, 1.807) is 72.0 Å². The molecule has 122 heavy (non-hydrogen) atoms. The minimum absolute atomic E-state index is 0.00453. The van der Waals surface area contributed by atoms with Crippen molar-refractivity contribution in [2.24, 2.45) is 56.7 Å². The van der Waals surface area contributed by atoms with Crippen LogP contribution in [0.5, 0.6) is 5.75 Å². The van der Waals surface area contributed by atoms with Crippen molar-refractivity contribution in [2.45, 2.75) is 269 Å². The Morgan fingerprint density at radius 3 is 1.97 bits per heavy atom. The number of nitrogens with one attached hydrogen (secondary N) is 12. The smallest absolute Gasteiger partial charge is 0.330 e. The Morgan fingerprint density at radius 1 is 0.689 bits per heavy atom. The number of amides is 12. The number of Topliss-reactive ketones (excluding diaryl/α,β-unsaturated/α-hetero) is 1. The summed E-state index contributed by atoms with van der Waals surface area (Å²) in [6.07, 6.45) is 17.5. The van der Waals surface area contributed by atoms with Crippen molar-refractivity contribution in [2.75, 3.05) is 26.3 Å². The number of benzene rings is 2. The highest BCUT2D eigenvalue weighted by Gasteiger charge is 2.68. The van der Waals surface area contributed by atoms with Crippen molar-refractivity contribution < 1.29 is 86.8 Å². The number of allylic oxidation sites excluding steroid dienone is 1. The number of hydrogen-bond donors (Lipinski definition) is 17. The average molecular weight is 1700 g/mol. The van der Waals surface area contributed by atoms with Crippen molar-refractivity contribution in [3.63, 3.8) is 0 Å². The highest BCUT2D eigenvalue weighted by molar-refractivity contribution is 6.00. The Balaban J connectivity index is 0.000000451. The minimum Gasteiger partial charge on any atom is -0.508 e. The van der Waals surface area contributed by atoms with Gasteiger partial charge in [0.1, 0.15) is 60.1 Å². The fourth-order valence-electron chi connectivity index (χ4n) is 18.4. The molecule has 10 rings (SSSR count). The lowest BCUT2D eigenvalue weighted by Gasteiger charge is -2.59. The van der Waals surface area contributed by atoms with E-state index in [0.717, 1.165) is 57.8 Å². The number of hydrogen-bond acceptors (Lipinski definition) is 20. The molecule has 36 heteroatoms. The number of imidazole rings is 1. The first-order valence-corrected chi connectivity index (χ1v) is 42.5. The van der Waals surface area contributed by atoms with Crippen LogP contribution < -0.4 is 70.6 Å². The largest absolute Gasteiger partial charge is 0.508 e. The first-order valence-electron chi connectivity index (χ1n) is 42.5. The maximum Gasteiger partial charge on any atom is 0.330 e. The second-order valence-electron chi connectivity index (χ2n) is 34.9. The van der Waals surface area contributed by atoms with E-state index in [2.05, 4.69) is 88.7 Å². The maximum absolute atomic E-state index is 14.8. The molecule has 666 valence electrons. The first-order chi connectivity index (χ1) is 57.8. The molecule has 2 aliphatic heterocycles. The second kappa shape index (κ2) is 42.5. The fourth-order valence-corrected chi connectivity index (χ4v) is 18.4. The Labute approximate surface area is 710 Å². The summed E-state index contributed by atoms with van der Waals surface area (Å²) in [6.45, 7) is 15.7. The number of phenolic OH excluding ortho intramolecular Hbond substituents is 1. The number of aliphatic hydroxyl groups is 1. The summed E-state index contributed by atoms with van der Waals surface area (Å²) in [5.41, 5.74) is 21.8. The molecule has 0 unspecified atom stereocenters. The molecule has 5 fully saturated rings. The van der Waals surface area contributed by atoms with Gasteiger partial charge in [0, 0.05) is 86.0 Å². The van der Waals surface area contributed by atoms with Gasteiger partial charge in [-0.2, -0.15) is 0 Å². The van der Waals surface area contributed by atoms with E-state index in [4.69, 9.17) is 26.7 Å². The molecular formula is C86H124N18O18. The summed E-state index contributed by atoms with van der Waals surface area (Å²) in [7, 11) is 0. The lowest BCUT2D eigenvalue weighted by Crippen LogP contribution is -2.62. The van der Waals surface area contributed by atoms with Crippen LogP contribution in [0.3, 0.4) is 0 Å². The number of carbonyl (C=O) groups is 14. The summed E-state index contributed by atoms with van der Waals surface area (Å²) in [4.78, 5) is 205. The van der Waals surface area contributed by atoms with Gasteiger partial charge in [0.2, 0.25) is 53.2 Å². The van der Waals surface area contributed by atoms with Crippen molar-refractivity contribution in [3.05, 3.63) is 95.7 Å². The zero-order valence-electron chi connectivity index (χ0n) is 71.3. The van der Waals surface area contributed by atoms with Crippen molar-refractivity contribution >= 4 is 99.5 Å². The molecule has 2 aromatic carbocycles. The van der Waals surface area contributed by atoms with Gasteiger partial charge in [0.25, 0.3) is 5.91 Å². The number of para-hydroxylation sites is 1. The predicted octanol–water partition coefficient (Wildman–Crippen LogP) is 2.86. The number of aliphatic imine (C=N–C) groups is 1. The van der Waals surface area contributed by atoms with Gasteiger partial charge in [0.15, 0.2) is 23.1 Å². The summed E-state index contributed by atoms with van der Waals surface area (Å²) in [5, 5.41) is 42.8. The number of H-pyrrole nitrogens is 2. The Hall–Kier alpha value is -11.3. The lowest BCUT2D eigenvalue weighted by atomic mass is 9.46. The summed E-state index contributed by atoms with van der Waals surface area (Å²) < 4.78 is 12.2. The third kappa shape index (κ3) is 24.5. The molecule has 4 heterocycles. The number of aromatic hydroxyl groups is 1. The van der Waals surface area contributed by atoms with E-state index in [0.29, 0.717) is 71.2 Å². The molecule has 0 spiro atoms. The van der Waals surface area contributed by atoms with Crippen molar-refractivity contribution in [3.8, 4) is 5.75 Å². The van der Waals surface area contributed by atoms with Crippen molar-refractivity contribution in [1.82, 2.24) is 73.2 Å². The SMILES string of the molecule is CC(C)C[C@H](NC(=O)[C@@H](COC(C)(C)C)NC(=O)[C@H](Cc1ccc(O)cc1)NC(=O)[C@H](CO)NC(=O)[C@H](Cc1c[nH]c2ccccc12)NC(=O)[C@H](Cc1cnc[nH]1)NC(=O)[C@@H]1CCC(=O)N1)C(=O)N[C@@H](CCCN=C(N)N)C(=O)N1CCC[C@H]1C(=O)NNC(N)=O.CCCCCC(=O)O[C@]1(C(C)=O)CC[C@H]2[C@@H]3CCC4=CC(=O)CC[C@]4(C)[C@H]3CC[C@@]21C. The number of urea groups is 1. The van der Waals surface area contributed by atoms with Crippen LogP contribution in [-0.4, -0.2) is 211 Å². The third-order valence-corrected chi connectivity index (χ3v) is 24.8. The number of nitrogens with two attached hydrogens (primary N) is 3. The number of unbranched alkanes of at least 4 members (excludes halogenated alkanes) is 2. The first kappa shape index (κ1) is 94.5. The Kier molecular flexibility index (Phi) is 32.9. The molecule has 20 N–H and O–H groups in total. The number of aromatic nitrogens is 3. The highest BCUT2D eigenvalue weighted by Crippen LogP contribution is 2.68. The standard InChI is InChI=1S/C59H84N18O14.C27H40O4/c1-31(2)22-40(49(82)68-39(12-8-20-64-57(60)61)56(89)77-21-9-13-46(77)55(88)75-76-58(62)90)69-54(87)45(29-91-59(3,4)5)74-50(83)41(23-32-14-16-35(79)17-15-32)70-53(86)44(28-78)73-51(84)42(24-33-26-65-37-11-7-6-10-36(33)37)71-52(85)43(25-34-27-63-30-66-34)72-48(81)38-18-19-47(80)67-38;1-5-6-7-8-24(30)31-27(18(2)28)16-13-23-21-10-9-19-17-20(29)11-14-25(19,3)22(21)12-15-26(23,27)4/h6-7,10-11,14-17,26-27,30-31,38-46,65,78-79H,8-9,12-13,18-25,28-29H2,1-5H3,(H,63,66)(H,67,80)(H,68,82)(H,69,87)(H,70,86)(H,71,85)(H,72,81)(H,73,84)(H,74,83)(H,75,88)(H4,60,61,64)(H3,62,76,90);17,21-23H,5-16H2,1-4H3/t38-,39-,40-,41-,42-,43-,44-,45+,46-;21-,22+,23+,25+,26+,27+/m01/s1. The molecule has 0 bridgehead atoms. The second-order valence-corrected chi connectivity index (χ2v) is 34.9. The van der Waals surface area contributed by atoms with E-state index < -0.39 is 138 Å². The van der Waals surface area contributed by atoms with E-state index in [9.17, 15) is 77.3 Å². The normalized spacial score (nSPS) is 23.2. The molecule has 4 aliphatic carbocycles. The molecule has 3 saturated carbocycles. The Bertz CT molecular complexity index is 4480. The Morgan fingerprint density at radius 2 is 1.33 bits per heavy atom. The van der Waals surface area contributed by atoms with Crippen LogP contribution in [0.2, 0.25) is 0 Å². The summed E-state index contributed by atoms with van der Waals surface area (Å²) >= 11 is 0. The van der Waals surface area contributed by atoms with Gasteiger partial charge in [-0.15, -0.1) is 0 Å². The molecule has 2 aromatic heterocycles. The van der Waals surface area contributed by atoms with Crippen LogP contribution in [0.25, 0.3) is 10.9 Å². The topological polar surface area (TPSA) is 556 Å². The molecule has 12 amide bonds. The zero-order valence-corrected chi connectivity index (χ0v) is 71.3. The maximum atomic E-state index is 14.8. The molecular weight excluding hydrogens is 1570 g/mol. The number of fused-ring (bicyclic) bond motifs is 6. The van der Waals surface area contributed by atoms with Gasteiger partial charge in [-0.25, -0.2) is 15.2 Å². The highest BCUT2D eigenvalue weighted by atomic mass is 16.6. The van der Waals surface area contributed by atoms with Crippen LogP contribution in [0.4, 0.5) is 4.79 Å². The number of nitrogens with zero attached hydrogens (tertiary/aromatic N) is 3. The lowest BCUT2D eigenvalue weighted by molar-refractivity contribution is -0.189. The molecule has 2 saturated heterocycles. The monoisotopic (exact) mass is 1700 g/mol. The minimum atomic E-state index is -1.80. The number of phenols is 1. The predicted molar refractivity (Wildman–Crippen MR) is 449 cm³/mol. The number of ether oxygens (including phenoxy) is 2. The number of likely N-dealkylation sites (tertiary alicyclic amines) is 1. The van der Waals surface area contributed by atoms with Crippen LogP contribution in [0, 0.1) is 34.5 Å². The number of rotatable bonds is 37. The zero-order chi connectivity index (χ0) is 89.0. The van der Waals surface area contributed by atoms with Crippen molar-refractivity contribution in [1.29, 1.82) is 0 Å². The van der Waals surface area contributed by atoms with Crippen LogP contribution >= 0.6 is 0 Å². The number of ketones is 2. The summed E-state index contributed by atoms with van der Waals surface area (Å²) in [5.74, 6) is -6.92. The van der Waals surface area contributed by atoms with Gasteiger partial charge in [-0.1, -0.05) is 83.4 Å². The number of aliphatic hydroxyl groups excluding tert-OH is 1. The number of hydrazine groups is 1. The average Bonchev–Trinajstić information content (AvgIpc) is 1.49. The quantitative estimate of drug-likeness (QED) is 0.0101. The molecule has 36 nitrogen and oxygen atoms in total. The number of aromatic amines is 2. The number of primary amides is 1. The summed E-state index contributed by atoms with van der Waals surface area (Å²) in [6, 6.07) is -0.716. The van der Waals surface area contributed by atoms with Gasteiger partial charge >= 0.3 is 12.0 Å². The van der Waals surface area contributed by atoms with E-state index >= 15 is 0 Å². The van der Waals surface area contributed by atoms with Gasteiger partial charge in [-0.3, -0.25) is 72.7 Å². The van der Waals surface area contributed by atoms with Gasteiger partial charge in [0.05, 0.1) is 25.1 Å². The third-order valence-electron chi connectivity index (χ3n) is 24.8. The number of carbonyl (C=O) groups excluding carboxylic acids is 14. The van der Waals surface area contributed by atoms with E-state index in [1.807, 2.05) is 11.5 Å².